The zero-order chi connectivity index (χ0) is 37.9. The molecule has 2 aliphatic rings. The molecule has 14 nitrogen and oxygen atoms in total. The molecule has 4 aromatic heterocycles. The average molecular weight is 743 g/mol. The molecular weight excluding hydrogens is 701 g/mol. The van der Waals surface area contributed by atoms with E-state index in [1.54, 1.807) is 17.8 Å². The third-order valence-electron chi connectivity index (χ3n) is 10.3. The van der Waals surface area contributed by atoms with Gasteiger partial charge >= 0.3 is 5.69 Å². The summed E-state index contributed by atoms with van der Waals surface area (Å²) in [6.45, 7) is 3.90. The molecule has 0 saturated carbocycles. The van der Waals surface area contributed by atoms with E-state index in [-0.39, 0.29) is 23.9 Å². The van der Waals surface area contributed by atoms with Crippen molar-refractivity contribution in [2.45, 2.75) is 38.3 Å². The number of aromatic nitrogens is 5. The summed E-state index contributed by atoms with van der Waals surface area (Å²) in [5, 5.41) is 9.69. The molecule has 1 atom stereocenters. The van der Waals surface area contributed by atoms with Crippen LogP contribution in [0.1, 0.15) is 46.1 Å². The fourth-order valence-electron chi connectivity index (χ4n) is 7.45. The number of fused-ring (bicyclic) bond motifs is 3. The lowest BCUT2D eigenvalue weighted by atomic mass is 10.1. The van der Waals surface area contributed by atoms with E-state index >= 15 is 0 Å². The van der Waals surface area contributed by atoms with E-state index in [4.69, 9.17) is 14.5 Å². The van der Waals surface area contributed by atoms with Gasteiger partial charge in [0, 0.05) is 79.8 Å². The van der Waals surface area contributed by atoms with Crippen LogP contribution < -0.4 is 21.6 Å². The van der Waals surface area contributed by atoms with Crippen LogP contribution >= 0.6 is 0 Å². The Labute approximate surface area is 316 Å². The summed E-state index contributed by atoms with van der Waals surface area (Å²) in [5.74, 6) is -0.801. The minimum Gasteiger partial charge on any atom is -0.379 e. The molecule has 55 heavy (non-hydrogen) atoms. The Bertz CT molecular complexity index is 2480. The van der Waals surface area contributed by atoms with Crippen molar-refractivity contribution in [3.63, 3.8) is 0 Å². The number of para-hydroxylation sites is 1. The van der Waals surface area contributed by atoms with Crippen LogP contribution in [-0.2, 0) is 45.5 Å². The number of amides is 3. The quantitative estimate of drug-likeness (QED) is 0.0961. The summed E-state index contributed by atoms with van der Waals surface area (Å²) < 4.78 is 14.7. The van der Waals surface area contributed by atoms with Crippen molar-refractivity contribution in [2.75, 3.05) is 39.5 Å². The molecule has 8 rings (SSSR count). The number of carbonyl (C=O) groups excluding carboxylic acids is 3. The molecule has 6 aromatic rings. The van der Waals surface area contributed by atoms with Crippen molar-refractivity contribution in [2.24, 2.45) is 7.05 Å². The number of nitrogens with zero attached hydrogens (tertiary/aromatic N) is 4. The molecule has 0 spiro atoms. The molecule has 0 aliphatic carbocycles. The maximum atomic E-state index is 13.1. The van der Waals surface area contributed by atoms with Crippen molar-refractivity contribution >= 4 is 39.7 Å². The summed E-state index contributed by atoms with van der Waals surface area (Å²) in [4.78, 5) is 62.3. The van der Waals surface area contributed by atoms with Crippen LogP contribution in [0.4, 0.5) is 0 Å². The van der Waals surface area contributed by atoms with E-state index in [1.807, 2.05) is 42.6 Å². The number of aromatic amines is 1. The first-order valence-electron chi connectivity index (χ1n) is 18.6. The third-order valence-corrected chi connectivity index (χ3v) is 10.3. The summed E-state index contributed by atoms with van der Waals surface area (Å²) in [7, 11) is 1.70. The van der Waals surface area contributed by atoms with Gasteiger partial charge in [-0.25, -0.2) is 4.79 Å². The topological polar surface area (TPSA) is 174 Å². The van der Waals surface area contributed by atoms with E-state index in [0.29, 0.717) is 70.0 Å². The summed E-state index contributed by atoms with van der Waals surface area (Å²) in [5.41, 5.74) is 9.38. The Morgan fingerprint density at radius 2 is 1.78 bits per heavy atom. The Kier molecular flexibility index (Phi) is 10.3. The molecule has 1 saturated heterocycles. The fraction of sp³-hybridized carbons (Fsp3) is 0.317. The third kappa shape index (κ3) is 7.56. The van der Waals surface area contributed by atoms with Gasteiger partial charge < -0.3 is 25.1 Å². The Balaban J connectivity index is 0.772. The predicted octanol–water partition coefficient (Wildman–Crippen LogP) is 3.57. The number of aryl methyl sites for hydroxylation is 1. The van der Waals surface area contributed by atoms with Crippen LogP contribution in [0.3, 0.4) is 0 Å². The number of imidazole rings is 1. The van der Waals surface area contributed by atoms with Gasteiger partial charge in [-0.15, -0.1) is 0 Å². The number of hydrogen-bond acceptors (Lipinski definition) is 9. The van der Waals surface area contributed by atoms with Crippen molar-refractivity contribution in [1.29, 1.82) is 0 Å². The SMILES string of the molecule is Cn1c(=O)n(C2CCC(=O)NC2=O)c2cccc(CCOCCOCCNCc3ccc4cc(-c5cc(-c6cc7c([nH]6)CCNC7=O)ccn5)cnc4c3)c21. The standard InChI is InChI=1S/C41H42N8O6/c1-48-38-26(3-2-4-35(38)49(41(48)53)36-7-8-37(50)47-40(36)52)11-15-54-17-18-55-16-14-42-23-25-5-6-27-20-29(24-45-32(27)19-25)33-21-28(9-12-43-33)34-22-30-31(46-34)10-13-44-39(30)51/h2-6,9,12,19-22,24,36,42,46H,7-8,10-11,13-18,23H2,1H3,(H,44,51)(H,47,50,52). The highest BCUT2D eigenvalue weighted by Gasteiger charge is 2.31. The number of imide groups is 1. The molecule has 14 heteroatoms. The number of piperidine rings is 1. The molecule has 2 aromatic carbocycles. The van der Waals surface area contributed by atoms with Gasteiger partial charge in [-0.3, -0.25) is 38.8 Å². The number of pyridine rings is 2. The van der Waals surface area contributed by atoms with Gasteiger partial charge in [0.2, 0.25) is 11.8 Å². The molecule has 4 N–H and O–H groups in total. The Morgan fingerprint density at radius 3 is 2.64 bits per heavy atom. The zero-order valence-electron chi connectivity index (χ0n) is 30.5. The van der Waals surface area contributed by atoms with Crippen molar-refractivity contribution < 1.29 is 23.9 Å². The van der Waals surface area contributed by atoms with Gasteiger partial charge in [-0.1, -0.05) is 24.3 Å². The first-order valence-corrected chi connectivity index (χ1v) is 18.6. The smallest absolute Gasteiger partial charge is 0.329 e. The van der Waals surface area contributed by atoms with E-state index in [1.165, 1.54) is 4.57 Å². The van der Waals surface area contributed by atoms with E-state index in [2.05, 4.69) is 50.2 Å². The first-order chi connectivity index (χ1) is 26.8. The van der Waals surface area contributed by atoms with Crippen LogP contribution in [0.15, 0.2) is 77.9 Å². The highest BCUT2D eigenvalue weighted by atomic mass is 16.5. The minimum atomic E-state index is -0.713. The second-order valence-electron chi connectivity index (χ2n) is 13.9. The number of H-pyrrole nitrogens is 1. The molecule has 6 heterocycles. The highest BCUT2D eigenvalue weighted by molar-refractivity contribution is 6.00. The number of carbonyl (C=O) groups is 3. The van der Waals surface area contributed by atoms with Gasteiger partial charge in [-0.2, -0.15) is 0 Å². The fourth-order valence-corrected chi connectivity index (χ4v) is 7.45. The minimum absolute atomic E-state index is 0.0411. The largest absolute Gasteiger partial charge is 0.379 e. The summed E-state index contributed by atoms with van der Waals surface area (Å²) >= 11 is 0. The van der Waals surface area contributed by atoms with Gasteiger partial charge in [0.25, 0.3) is 5.91 Å². The maximum Gasteiger partial charge on any atom is 0.329 e. The van der Waals surface area contributed by atoms with E-state index in [0.717, 1.165) is 62.2 Å². The number of hydrogen-bond donors (Lipinski definition) is 4. The van der Waals surface area contributed by atoms with Crippen LogP contribution in [0.5, 0.6) is 0 Å². The lowest BCUT2D eigenvalue weighted by Crippen LogP contribution is -2.44. The molecule has 1 unspecified atom stereocenters. The first kappa shape index (κ1) is 36.0. The average Bonchev–Trinajstić information content (AvgIpc) is 3.75. The highest BCUT2D eigenvalue weighted by Crippen LogP contribution is 2.29. The summed E-state index contributed by atoms with van der Waals surface area (Å²) in [6.07, 6.45) is 5.51. The zero-order valence-corrected chi connectivity index (χ0v) is 30.5. The van der Waals surface area contributed by atoms with Crippen molar-refractivity contribution in [1.82, 2.24) is 40.0 Å². The lowest BCUT2D eigenvalue weighted by Gasteiger charge is -2.21. The molecule has 0 radical (unpaired) electrons. The van der Waals surface area contributed by atoms with E-state index in [9.17, 15) is 19.2 Å². The van der Waals surface area contributed by atoms with Gasteiger partial charge in [0.15, 0.2) is 0 Å². The van der Waals surface area contributed by atoms with Crippen LogP contribution in [0.25, 0.3) is 44.5 Å². The molecule has 282 valence electrons. The maximum absolute atomic E-state index is 13.1. The van der Waals surface area contributed by atoms with Gasteiger partial charge in [0.1, 0.15) is 6.04 Å². The van der Waals surface area contributed by atoms with Crippen molar-refractivity contribution in [3.05, 3.63) is 106 Å². The molecule has 0 bridgehead atoms. The monoisotopic (exact) mass is 742 g/mol. The summed E-state index contributed by atoms with van der Waals surface area (Å²) in [6, 6.07) is 19.2. The number of nitrogens with one attached hydrogen (secondary N) is 4. The second kappa shape index (κ2) is 15.8. The molecule has 2 aliphatic heterocycles. The number of ether oxygens (including phenoxy) is 2. The van der Waals surface area contributed by atoms with Crippen LogP contribution in [0, 0.1) is 0 Å². The molecule has 1 fully saturated rings. The normalized spacial score (nSPS) is 15.7. The van der Waals surface area contributed by atoms with Crippen LogP contribution in [0.2, 0.25) is 0 Å². The van der Waals surface area contributed by atoms with E-state index < -0.39 is 11.9 Å². The van der Waals surface area contributed by atoms with Gasteiger partial charge in [0.05, 0.1) is 54.2 Å². The molecular formula is C41H42N8O6. The van der Waals surface area contributed by atoms with Crippen molar-refractivity contribution in [3.8, 4) is 22.5 Å². The van der Waals surface area contributed by atoms with Gasteiger partial charge in [-0.05, 0) is 60.4 Å². The second-order valence-corrected chi connectivity index (χ2v) is 13.9. The Morgan fingerprint density at radius 1 is 0.909 bits per heavy atom. The number of rotatable bonds is 14. The molecule has 3 amide bonds. The predicted molar refractivity (Wildman–Crippen MR) is 206 cm³/mol. The number of benzene rings is 2. The van der Waals surface area contributed by atoms with Crippen LogP contribution in [-0.4, -0.2) is 81.3 Å². The Hall–Kier alpha value is -5.96. The lowest BCUT2D eigenvalue weighted by molar-refractivity contribution is -0.135.